The largest absolute Gasteiger partial charge is 0.256 e. The molecule has 3 aromatic heterocycles. The maximum atomic E-state index is 9.48. The Bertz CT molecular complexity index is 2610. The Morgan fingerprint density at radius 2 is 0.982 bits per heavy atom. The molecule has 4 aromatic carbocycles. The highest BCUT2D eigenvalue weighted by molar-refractivity contribution is 5.62. The van der Waals surface area contributed by atoms with Crippen LogP contribution < -0.4 is 0 Å². The monoisotopic (exact) mass is 740 g/mol. The van der Waals surface area contributed by atoms with Crippen LogP contribution in [0.25, 0.3) is 33.8 Å². The molecule has 0 saturated heterocycles. The summed E-state index contributed by atoms with van der Waals surface area (Å²) < 4.78 is 84.3. The molecule has 1 aliphatic rings. The third-order valence-corrected chi connectivity index (χ3v) is 10.6. The summed E-state index contributed by atoms with van der Waals surface area (Å²) in [5, 5.41) is 0. The van der Waals surface area contributed by atoms with E-state index in [1.54, 1.807) is 79.3 Å². The molecule has 56 heavy (non-hydrogen) atoms. The molecular formula is C53H53N3. The van der Waals surface area contributed by atoms with Gasteiger partial charge in [0.05, 0.1) is 17.1 Å². The van der Waals surface area contributed by atoms with Crippen LogP contribution in [0.5, 0.6) is 0 Å². The molecule has 0 bridgehead atoms. The molecule has 0 aliphatic heterocycles. The lowest BCUT2D eigenvalue weighted by molar-refractivity contribution is 0.443. The maximum absolute atomic E-state index is 9.48. The van der Waals surface area contributed by atoms with E-state index in [4.69, 9.17) is 1.37 Å². The Hall–Kier alpha value is -5.67. The van der Waals surface area contributed by atoms with Gasteiger partial charge in [0, 0.05) is 47.6 Å². The van der Waals surface area contributed by atoms with Gasteiger partial charge < -0.3 is 0 Å². The minimum absolute atomic E-state index is 0.0950. The van der Waals surface area contributed by atoms with Crippen molar-refractivity contribution < 1.29 is 12.3 Å². The zero-order valence-corrected chi connectivity index (χ0v) is 32.1. The van der Waals surface area contributed by atoms with Crippen molar-refractivity contribution in [1.29, 1.82) is 0 Å². The van der Waals surface area contributed by atoms with Gasteiger partial charge in [-0.1, -0.05) is 136 Å². The van der Waals surface area contributed by atoms with E-state index in [1.807, 2.05) is 86.6 Å². The predicted molar refractivity (Wildman–Crippen MR) is 233 cm³/mol. The first-order chi connectivity index (χ1) is 30.8. The summed E-state index contributed by atoms with van der Waals surface area (Å²) in [5.74, 6) is -0.606. The summed E-state index contributed by atoms with van der Waals surface area (Å²) >= 11 is 0. The normalized spacial score (nSPS) is 17.4. The second kappa shape index (κ2) is 17.4. The maximum Gasteiger partial charge on any atom is 0.0704 e. The number of aryl methyl sites for hydroxylation is 4. The van der Waals surface area contributed by atoms with E-state index in [2.05, 4.69) is 15.0 Å². The number of aromatic nitrogens is 3. The van der Waals surface area contributed by atoms with Gasteiger partial charge in [-0.05, 0) is 131 Å². The van der Waals surface area contributed by atoms with Gasteiger partial charge in [0.1, 0.15) is 0 Å². The average molecular weight is 741 g/mol. The quantitative estimate of drug-likeness (QED) is 0.118. The molecule has 3 heteroatoms. The first-order valence-electron chi connectivity index (χ1n) is 24.1. The zero-order chi connectivity index (χ0) is 46.3. The first kappa shape index (κ1) is 27.8. The van der Waals surface area contributed by atoms with Crippen LogP contribution in [0.15, 0.2) is 158 Å². The number of hydrogen-bond acceptors (Lipinski definition) is 3. The molecule has 1 fully saturated rings. The van der Waals surface area contributed by atoms with Gasteiger partial charge in [-0.3, -0.25) is 15.0 Å². The van der Waals surface area contributed by atoms with Crippen LogP contribution in [0, 0.1) is 0 Å². The molecule has 8 rings (SSSR count). The molecule has 0 spiro atoms. The minimum Gasteiger partial charge on any atom is -0.256 e. The summed E-state index contributed by atoms with van der Waals surface area (Å²) in [6, 6.07) is 40.7. The van der Waals surface area contributed by atoms with Crippen molar-refractivity contribution in [1.82, 2.24) is 15.0 Å². The van der Waals surface area contributed by atoms with Crippen molar-refractivity contribution in [3.8, 4) is 33.8 Å². The average Bonchev–Trinajstić information content (AvgIpc) is 3.32. The van der Waals surface area contributed by atoms with Crippen LogP contribution in [0.4, 0.5) is 0 Å². The number of rotatable bonds is 13. The minimum atomic E-state index is -2.69. The smallest absolute Gasteiger partial charge is 0.0704 e. The molecule has 0 atom stereocenters. The second-order valence-corrected chi connectivity index (χ2v) is 15.2. The first-order valence-corrected chi connectivity index (χ1v) is 19.6. The summed E-state index contributed by atoms with van der Waals surface area (Å²) in [4.78, 5) is 13.4. The van der Waals surface area contributed by atoms with Gasteiger partial charge in [-0.15, -0.1) is 0 Å². The SMILES string of the molecule is [2H]C1(c2ccnc(-c3ccc(C(C)(C)Cc4cc(C([2H])([2H])C([2H])([2H])c5ccc(-c6ccccn6)cc5)cc(C([2H])([2H])C([2H])([2H])c5ccc(-c6ccccn6)cc5)c4)cc3)c2)CCCCC1. The van der Waals surface area contributed by atoms with Gasteiger partial charge in [0.2, 0.25) is 0 Å². The summed E-state index contributed by atoms with van der Waals surface area (Å²) in [5.41, 5.74) is 6.49. The third-order valence-electron chi connectivity index (χ3n) is 10.6. The van der Waals surface area contributed by atoms with Crippen molar-refractivity contribution in [2.24, 2.45) is 0 Å². The summed E-state index contributed by atoms with van der Waals surface area (Å²) in [6.45, 7) is 4.10. The molecule has 1 aliphatic carbocycles. The molecule has 3 heterocycles. The van der Waals surface area contributed by atoms with Crippen LogP contribution in [-0.2, 0) is 37.3 Å². The van der Waals surface area contributed by atoms with Gasteiger partial charge in [-0.2, -0.15) is 0 Å². The highest BCUT2D eigenvalue weighted by Gasteiger charge is 2.22. The molecule has 0 N–H and O–H groups in total. The number of nitrogens with zero attached hydrogens (tertiary/aromatic N) is 3. The fourth-order valence-corrected chi connectivity index (χ4v) is 7.52. The van der Waals surface area contributed by atoms with Crippen LogP contribution in [0.2, 0.25) is 0 Å². The van der Waals surface area contributed by atoms with Crippen molar-refractivity contribution >= 4 is 0 Å². The van der Waals surface area contributed by atoms with Crippen molar-refractivity contribution in [2.75, 3.05) is 0 Å². The molecule has 1 saturated carbocycles. The molecule has 0 amide bonds. The van der Waals surface area contributed by atoms with E-state index in [-0.39, 0.29) is 22.3 Å². The molecule has 7 aromatic rings. The molecule has 0 unspecified atom stereocenters. The zero-order valence-electron chi connectivity index (χ0n) is 41.1. The van der Waals surface area contributed by atoms with Crippen LogP contribution in [0.1, 0.15) is 103 Å². The van der Waals surface area contributed by atoms with E-state index in [0.717, 1.165) is 65.6 Å². The lowest BCUT2D eigenvalue weighted by atomic mass is 9.78. The summed E-state index contributed by atoms with van der Waals surface area (Å²) in [6.07, 6.45) is -0.206. The number of hydrogen-bond donors (Lipinski definition) is 0. The van der Waals surface area contributed by atoms with Gasteiger partial charge >= 0.3 is 0 Å². The molecule has 3 nitrogen and oxygen atoms in total. The van der Waals surface area contributed by atoms with Crippen molar-refractivity contribution in [3.05, 3.63) is 197 Å². The van der Waals surface area contributed by atoms with Gasteiger partial charge in [-0.25, -0.2) is 0 Å². The molecule has 0 radical (unpaired) electrons. The lowest BCUT2D eigenvalue weighted by Gasteiger charge is -2.26. The van der Waals surface area contributed by atoms with E-state index < -0.39 is 36.8 Å². The Kier molecular flexibility index (Phi) is 8.66. The van der Waals surface area contributed by atoms with Crippen molar-refractivity contribution in [2.45, 2.75) is 89.2 Å². The van der Waals surface area contributed by atoms with Crippen molar-refractivity contribution in [3.63, 3.8) is 0 Å². The molecule has 280 valence electrons. The van der Waals surface area contributed by atoms with E-state index in [1.165, 1.54) is 6.07 Å². The Labute approximate surface area is 346 Å². The Balaban J connectivity index is 1.15. The van der Waals surface area contributed by atoms with Gasteiger partial charge in [0.15, 0.2) is 0 Å². The van der Waals surface area contributed by atoms with E-state index >= 15 is 0 Å². The number of pyridine rings is 3. The van der Waals surface area contributed by atoms with Crippen LogP contribution in [-0.4, -0.2) is 15.0 Å². The van der Waals surface area contributed by atoms with E-state index in [0.29, 0.717) is 23.4 Å². The standard InChI is InChI=1S/C53H53N3/c1-53(2,49-28-26-47(27-29-49)52-37-48(30-33-56-52)44-10-4-3-5-11-44)38-43-35-41(16-14-39-18-22-45(23-19-39)50-12-6-8-31-54-50)34-42(36-43)17-15-40-20-24-46(25-21-40)51-13-7-9-32-55-51/h6-9,12-13,18-37,44H,3-5,10-11,14-17,38H2,1-2H3/i14D2,15D2,16D2,17D2,44D. The molecular weight excluding hydrogens is 679 g/mol. The highest BCUT2D eigenvalue weighted by Crippen LogP contribution is 2.35. The Morgan fingerprint density at radius 3 is 1.52 bits per heavy atom. The fourth-order valence-electron chi connectivity index (χ4n) is 7.52. The fraction of sp³-hybridized carbons (Fsp3) is 0.264. The van der Waals surface area contributed by atoms with E-state index in [9.17, 15) is 11.0 Å². The highest BCUT2D eigenvalue weighted by atomic mass is 14.7. The lowest BCUT2D eigenvalue weighted by Crippen LogP contribution is -2.20. The Morgan fingerprint density at radius 1 is 0.500 bits per heavy atom. The predicted octanol–water partition coefficient (Wildman–Crippen LogP) is 13.0. The third kappa shape index (κ3) is 9.40. The van der Waals surface area contributed by atoms with Crippen LogP contribution in [0.3, 0.4) is 0 Å². The summed E-state index contributed by atoms with van der Waals surface area (Å²) in [7, 11) is 0. The number of benzene rings is 4. The topological polar surface area (TPSA) is 38.7 Å². The second-order valence-electron chi connectivity index (χ2n) is 15.2. The van der Waals surface area contributed by atoms with Crippen LogP contribution >= 0.6 is 0 Å². The van der Waals surface area contributed by atoms with Gasteiger partial charge in [0.25, 0.3) is 0 Å².